The molecule has 0 aromatic heterocycles. The van der Waals surface area contributed by atoms with Crippen molar-refractivity contribution in [2.45, 2.75) is 37.8 Å². The summed E-state index contributed by atoms with van der Waals surface area (Å²) >= 11 is 0. The van der Waals surface area contributed by atoms with E-state index in [9.17, 15) is 5.11 Å². The molecule has 1 fully saturated rings. The van der Waals surface area contributed by atoms with Crippen LogP contribution in [0.2, 0.25) is 0 Å². The molecule has 0 spiro atoms. The van der Waals surface area contributed by atoms with Gasteiger partial charge in [-0.25, -0.2) is 0 Å². The van der Waals surface area contributed by atoms with Gasteiger partial charge in [0.1, 0.15) is 0 Å². The van der Waals surface area contributed by atoms with Gasteiger partial charge in [0.15, 0.2) is 0 Å². The molecule has 2 N–H and O–H groups in total. The molecule has 0 saturated heterocycles. The Balaban J connectivity index is 2.00. The maximum absolute atomic E-state index is 9.37. The van der Waals surface area contributed by atoms with Crippen LogP contribution in [0.25, 0.3) is 0 Å². The highest BCUT2D eigenvalue weighted by molar-refractivity contribution is 5.20. The fraction of sp³-hybridized carbons (Fsp3) is 0.538. The summed E-state index contributed by atoms with van der Waals surface area (Å²) in [6.45, 7) is 2.39. The maximum Gasteiger partial charge on any atom is 0.0590 e. The van der Waals surface area contributed by atoms with Gasteiger partial charge in [-0.3, -0.25) is 0 Å². The molecular formula is C13H19NO. The van der Waals surface area contributed by atoms with Crippen LogP contribution in [0.5, 0.6) is 0 Å². The van der Waals surface area contributed by atoms with Crippen LogP contribution in [0.3, 0.4) is 0 Å². The summed E-state index contributed by atoms with van der Waals surface area (Å²) in [7, 11) is 0. The number of hydrogen-bond acceptors (Lipinski definition) is 2. The molecule has 2 unspecified atom stereocenters. The zero-order valence-electron chi connectivity index (χ0n) is 9.19. The molecule has 15 heavy (non-hydrogen) atoms. The van der Waals surface area contributed by atoms with Gasteiger partial charge in [0.25, 0.3) is 0 Å². The van der Waals surface area contributed by atoms with Gasteiger partial charge in [-0.15, -0.1) is 0 Å². The van der Waals surface area contributed by atoms with Crippen molar-refractivity contribution in [3.05, 3.63) is 35.9 Å². The van der Waals surface area contributed by atoms with Crippen LogP contribution >= 0.6 is 0 Å². The predicted octanol–water partition coefficient (Wildman–Crippen LogP) is 1.90. The van der Waals surface area contributed by atoms with Crippen LogP contribution in [-0.4, -0.2) is 23.8 Å². The van der Waals surface area contributed by atoms with E-state index in [1.807, 2.05) is 6.07 Å². The third-order valence-electron chi connectivity index (χ3n) is 3.15. The Kier molecular flexibility index (Phi) is 3.39. The van der Waals surface area contributed by atoms with E-state index in [0.717, 1.165) is 0 Å². The van der Waals surface area contributed by atoms with Crippen molar-refractivity contribution < 1.29 is 5.11 Å². The van der Waals surface area contributed by atoms with Crippen LogP contribution in [0, 0.1) is 0 Å². The number of benzene rings is 1. The second-order valence-corrected chi connectivity index (χ2v) is 4.43. The Morgan fingerprint density at radius 1 is 1.33 bits per heavy atom. The molecule has 1 aromatic rings. The monoisotopic (exact) mass is 205 g/mol. The number of hydrogen-bond donors (Lipinski definition) is 2. The van der Waals surface area contributed by atoms with Gasteiger partial charge in [0, 0.05) is 12.1 Å². The quantitative estimate of drug-likeness (QED) is 0.769. The normalized spacial score (nSPS) is 19.9. The first-order chi connectivity index (χ1) is 7.31. The van der Waals surface area contributed by atoms with E-state index in [1.54, 1.807) is 0 Å². The van der Waals surface area contributed by atoms with E-state index < -0.39 is 0 Å². The Morgan fingerprint density at radius 2 is 2.00 bits per heavy atom. The average molecular weight is 205 g/mol. The standard InChI is InChI=1S/C13H19NO/c1-10(11-5-3-2-4-6-11)13(9-15)14-12-7-8-12/h2-6,10,12-15H,7-9H2,1H3. The van der Waals surface area contributed by atoms with Crippen LogP contribution in [0.1, 0.15) is 31.2 Å². The van der Waals surface area contributed by atoms with Crippen molar-refractivity contribution in [1.29, 1.82) is 0 Å². The number of rotatable bonds is 5. The molecular weight excluding hydrogens is 186 g/mol. The van der Waals surface area contributed by atoms with E-state index in [-0.39, 0.29) is 12.6 Å². The fourth-order valence-corrected chi connectivity index (χ4v) is 1.90. The average Bonchev–Trinajstić information content (AvgIpc) is 3.10. The second-order valence-electron chi connectivity index (χ2n) is 4.43. The number of aliphatic hydroxyl groups excluding tert-OH is 1. The summed E-state index contributed by atoms with van der Waals surface area (Å²) in [6, 6.07) is 11.2. The van der Waals surface area contributed by atoms with Crippen molar-refractivity contribution in [3.63, 3.8) is 0 Å². The molecule has 0 aliphatic heterocycles. The highest BCUT2D eigenvalue weighted by atomic mass is 16.3. The maximum atomic E-state index is 9.37. The van der Waals surface area contributed by atoms with Gasteiger partial charge in [-0.2, -0.15) is 0 Å². The Morgan fingerprint density at radius 3 is 2.53 bits per heavy atom. The van der Waals surface area contributed by atoms with E-state index >= 15 is 0 Å². The van der Waals surface area contributed by atoms with E-state index in [4.69, 9.17) is 0 Å². The van der Waals surface area contributed by atoms with Gasteiger partial charge < -0.3 is 10.4 Å². The van der Waals surface area contributed by atoms with Crippen molar-refractivity contribution >= 4 is 0 Å². The van der Waals surface area contributed by atoms with Crippen molar-refractivity contribution in [2.75, 3.05) is 6.61 Å². The molecule has 1 saturated carbocycles. The summed E-state index contributed by atoms with van der Waals surface area (Å²) in [5.41, 5.74) is 1.30. The molecule has 2 heteroatoms. The first-order valence-corrected chi connectivity index (χ1v) is 5.73. The predicted molar refractivity (Wildman–Crippen MR) is 61.9 cm³/mol. The first-order valence-electron chi connectivity index (χ1n) is 5.73. The molecule has 1 aliphatic carbocycles. The minimum Gasteiger partial charge on any atom is -0.395 e. The van der Waals surface area contributed by atoms with Crippen molar-refractivity contribution in [2.24, 2.45) is 0 Å². The molecule has 0 amide bonds. The zero-order valence-corrected chi connectivity index (χ0v) is 9.19. The van der Waals surface area contributed by atoms with E-state index in [0.29, 0.717) is 12.0 Å². The first kappa shape index (κ1) is 10.7. The molecule has 0 heterocycles. The molecule has 0 radical (unpaired) electrons. The SMILES string of the molecule is CC(c1ccccc1)C(CO)NC1CC1. The van der Waals surface area contributed by atoms with Gasteiger partial charge in [0.2, 0.25) is 0 Å². The highest BCUT2D eigenvalue weighted by Gasteiger charge is 2.27. The molecule has 2 atom stereocenters. The van der Waals surface area contributed by atoms with Gasteiger partial charge in [0.05, 0.1) is 6.61 Å². The van der Waals surface area contributed by atoms with Gasteiger partial charge in [-0.1, -0.05) is 37.3 Å². The van der Waals surface area contributed by atoms with Crippen molar-refractivity contribution in [3.8, 4) is 0 Å². The Bertz CT molecular complexity index is 295. The van der Waals surface area contributed by atoms with Crippen LogP contribution in [0.4, 0.5) is 0 Å². The third kappa shape index (κ3) is 2.80. The molecule has 2 rings (SSSR count). The lowest BCUT2D eigenvalue weighted by Crippen LogP contribution is -2.38. The van der Waals surface area contributed by atoms with Crippen LogP contribution < -0.4 is 5.32 Å². The number of aliphatic hydroxyl groups is 1. The smallest absolute Gasteiger partial charge is 0.0590 e. The minimum atomic E-state index is 0.194. The molecule has 1 aromatic carbocycles. The van der Waals surface area contributed by atoms with Crippen molar-refractivity contribution in [1.82, 2.24) is 5.32 Å². The van der Waals surface area contributed by atoms with E-state index in [1.165, 1.54) is 18.4 Å². The highest BCUT2D eigenvalue weighted by Crippen LogP contribution is 2.24. The fourth-order valence-electron chi connectivity index (χ4n) is 1.90. The molecule has 82 valence electrons. The molecule has 1 aliphatic rings. The minimum absolute atomic E-state index is 0.194. The summed E-state index contributed by atoms with van der Waals surface area (Å²) in [4.78, 5) is 0. The van der Waals surface area contributed by atoms with Gasteiger partial charge >= 0.3 is 0 Å². The lowest BCUT2D eigenvalue weighted by atomic mass is 9.94. The van der Waals surface area contributed by atoms with E-state index in [2.05, 4.69) is 36.5 Å². The number of nitrogens with one attached hydrogen (secondary N) is 1. The van der Waals surface area contributed by atoms with Crippen LogP contribution in [-0.2, 0) is 0 Å². The Labute approximate surface area is 91.3 Å². The molecule has 2 nitrogen and oxygen atoms in total. The zero-order chi connectivity index (χ0) is 10.7. The largest absolute Gasteiger partial charge is 0.395 e. The summed E-state index contributed by atoms with van der Waals surface area (Å²) < 4.78 is 0. The second kappa shape index (κ2) is 4.77. The summed E-state index contributed by atoms with van der Waals surface area (Å²) in [5.74, 6) is 0.372. The lowest BCUT2D eigenvalue weighted by molar-refractivity contribution is 0.225. The topological polar surface area (TPSA) is 32.3 Å². The third-order valence-corrected chi connectivity index (χ3v) is 3.15. The summed E-state index contributed by atoms with van der Waals surface area (Å²) in [6.07, 6.45) is 2.52. The van der Waals surface area contributed by atoms with Gasteiger partial charge in [-0.05, 0) is 24.3 Å². The molecule has 0 bridgehead atoms. The summed E-state index contributed by atoms with van der Waals surface area (Å²) in [5, 5.41) is 12.9. The lowest BCUT2D eigenvalue weighted by Gasteiger charge is -2.23. The Hall–Kier alpha value is -0.860. The van der Waals surface area contributed by atoms with Crippen LogP contribution in [0.15, 0.2) is 30.3 Å².